The largest absolute Gasteiger partial charge is 0.383 e. The van der Waals surface area contributed by atoms with Crippen molar-refractivity contribution in [1.29, 1.82) is 0 Å². The van der Waals surface area contributed by atoms with Crippen molar-refractivity contribution in [2.75, 3.05) is 25.6 Å². The molecule has 0 bridgehead atoms. The predicted molar refractivity (Wildman–Crippen MR) is 68.7 cm³/mol. The van der Waals surface area contributed by atoms with E-state index in [1.165, 1.54) is 32.1 Å². The molecule has 90 valence electrons. The number of halogens is 1. The van der Waals surface area contributed by atoms with E-state index in [1.54, 1.807) is 7.11 Å². The van der Waals surface area contributed by atoms with Gasteiger partial charge in [-0.15, -0.1) is 0 Å². The zero-order chi connectivity index (χ0) is 11.1. The number of hydrogen-bond acceptors (Lipinski definition) is 2. The van der Waals surface area contributed by atoms with Gasteiger partial charge in [0.25, 0.3) is 0 Å². The SMILES string of the molecule is COCC(C)N(CCBr)C1CCCCC1. The molecule has 1 fully saturated rings. The van der Waals surface area contributed by atoms with Crippen LogP contribution in [0.2, 0.25) is 0 Å². The topological polar surface area (TPSA) is 12.5 Å². The van der Waals surface area contributed by atoms with Crippen LogP contribution in [-0.4, -0.2) is 42.6 Å². The van der Waals surface area contributed by atoms with Gasteiger partial charge in [0.15, 0.2) is 0 Å². The van der Waals surface area contributed by atoms with Gasteiger partial charge >= 0.3 is 0 Å². The molecule has 0 saturated heterocycles. The number of nitrogens with zero attached hydrogens (tertiary/aromatic N) is 1. The van der Waals surface area contributed by atoms with Crippen molar-refractivity contribution >= 4 is 15.9 Å². The Morgan fingerprint density at radius 1 is 1.33 bits per heavy atom. The minimum absolute atomic E-state index is 0.552. The van der Waals surface area contributed by atoms with Gasteiger partial charge in [-0.05, 0) is 19.8 Å². The van der Waals surface area contributed by atoms with Crippen LogP contribution in [0.5, 0.6) is 0 Å². The van der Waals surface area contributed by atoms with Crippen molar-refractivity contribution in [3.05, 3.63) is 0 Å². The van der Waals surface area contributed by atoms with Crippen LogP contribution in [0.3, 0.4) is 0 Å². The maximum Gasteiger partial charge on any atom is 0.0615 e. The second kappa shape index (κ2) is 7.64. The molecule has 1 aliphatic carbocycles. The van der Waals surface area contributed by atoms with Gasteiger partial charge in [-0.3, -0.25) is 4.90 Å². The summed E-state index contributed by atoms with van der Waals surface area (Å²) in [7, 11) is 1.80. The molecule has 0 aliphatic heterocycles. The highest BCUT2D eigenvalue weighted by atomic mass is 79.9. The lowest BCUT2D eigenvalue weighted by molar-refractivity contribution is 0.0605. The molecule has 0 amide bonds. The first kappa shape index (κ1) is 13.5. The molecule has 1 unspecified atom stereocenters. The molecule has 1 rings (SSSR count). The number of alkyl halides is 1. The molecule has 0 heterocycles. The molecule has 15 heavy (non-hydrogen) atoms. The summed E-state index contributed by atoms with van der Waals surface area (Å²) in [6, 6.07) is 1.34. The molecule has 1 atom stereocenters. The Hall–Kier alpha value is 0.400. The fraction of sp³-hybridized carbons (Fsp3) is 1.00. The van der Waals surface area contributed by atoms with Crippen LogP contribution in [0.1, 0.15) is 39.0 Å². The third-order valence-electron chi connectivity index (χ3n) is 3.36. The van der Waals surface area contributed by atoms with E-state index in [9.17, 15) is 0 Å². The average molecular weight is 278 g/mol. The Kier molecular flexibility index (Phi) is 6.86. The van der Waals surface area contributed by atoms with Crippen LogP contribution in [0.25, 0.3) is 0 Å². The van der Waals surface area contributed by atoms with E-state index < -0.39 is 0 Å². The molecule has 0 radical (unpaired) electrons. The predicted octanol–water partition coefficient (Wildman–Crippen LogP) is 3.05. The zero-order valence-electron chi connectivity index (χ0n) is 10.0. The second-order valence-electron chi connectivity index (χ2n) is 4.52. The summed E-state index contributed by atoms with van der Waals surface area (Å²) in [5.74, 6) is 0. The van der Waals surface area contributed by atoms with E-state index in [0.29, 0.717) is 6.04 Å². The molecule has 3 heteroatoms. The van der Waals surface area contributed by atoms with Gasteiger partial charge in [-0.25, -0.2) is 0 Å². The molecule has 0 aromatic rings. The van der Waals surface area contributed by atoms with Crippen molar-refractivity contribution in [2.45, 2.75) is 51.1 Å². The maximum absolute atomic E-state index is 5.26. The lowest BCUT2D eigenvalue weighted by atomic mass is 9.93. The van der Waals surface area contributed by atoms with Crippen LogP contribution in [0.4, 0.5) is 0 Å². The first-order chi connectivity index (χ1) is 7.29. The van der Waals surface area contributed by atoms with Gasteiger partial charge in [0, 0.05) is 31.1 Å². The van der Waals surface area contributed by atoms with Gasteiger partial charge in [-0.2, -0.15) is 0 Å². The van der Waals surface area contributed by atoms with E-state index >= 15 is 0 Å². The standard InChI is InChI=1S/C12H24BrNO/c1-11(10-15-2)14(9-8-13)12-6-4-3-5-7-12/h11-12H,3-10H2,1-2H3. The maximum atomic E-state index is 5.26. The summed E-state index contributed by atoms with van der Waals surface area (Å²) in [4.78, 5) is 2.62. The highest BCUT2D eigenvalue weighted by molar-refractivity contribution is 9.09. The van der Waals surface area contributed by atoms with Crippen LogP contribution in [0, 0.1) is 0 Å². The summed E-state index contributed by atoms with van der Waals surface area (Å²) < 4.78 is 5.26. The van der Waals surface area contributed by atoms with E-state index in [-0.39, 0.29) is 0 Å². The van der Waals surface area contributed by atoms with Crippen LogP contribution in [0.15, 0.2) is 0 Å². The first-order valence-electron chi connectivity index (χ1n) is 6.10. The van der Waals surface area contributed by atoms with E-state index in [1.807, 2.05) is 0 Å². The number of hydrogen-bond donors (Lipinski definition) is 0. The third-order valence-corrected chi connectivity index (χ3v) is 3.72. The van der Waals surface area contributed by atoms with Gasteiger partial charge in [0.05, 0.1) is 6.61 Å². The number of ether oxygens (including phenoxy) is 1. The highest BCUT2D eigenvalue weighted by Crippen LogP contribution is 2.24. The Morgan fingerprint density at radius 3 is 2.53 bits per heavy atom. The Morgan fingerprint density at radius 2 is 2.00 bits per heavy atom. The van der Waals surface area contributed by atoms with E-state index in [4.69, 9.17) is 4.74 Å². The summed E-state index contributed by atoms with van der Waals surface area (Å²) in [6.45, 7) is 4.28. The molecule has 1 saturated carbocycles. The summed E-state index contributed by atoms with van der Waals surface area (Å²) in [6.07, 6.45) is 6.99. The van der Waals surface area contributed by atoms with Crippen molar-refractivity contribution in [3.63, 3.8) is 0 Å². The van der Waals surface area contributed by atoms with E-state index in [0.717, 1.165) is 24.5 Å². The first-order valence-corrected chi connectivity index (χ1v) is 7.22. The third kappa shape index (κ3) is 4.41. The van der Waals surface area contributed by atoms with Crippen molar-refractivity contribution in [2.24, 2.45) is 0 Å². The lowest BCUT2D eigenvalue weighted by Gasteiger charge is -2.38. The molecule has 0 aromatic heterocycles. The number of methoxy groups -OCH3 is 1. The second-order valence-corrected chi connectivity index (χ2v) is 5.32. The van der Waals surface area contributed by atoms with Gasteiger partial charge in [0.2, 0.25) is 0 Å². The highest BCUT2D eigenvalue weighted by Gasteiger charge is 2.24. The molecule has 0 spiro atoms. The number of rotatable bonds is 6. The van der Waals surface area contributed by atoms with E-state index in [2.05, 4.69) is 27.8 Å². The van der Waals surface area contributed by atoms with Crippen LogP contribution < -0.4 is 0 Å². The van der Waals surface area contributed by atoms with Crippen LogP contribution >= 0.6 is 15.9 Å². The van der Waals surface area contributed by atoms with Crippen LogP contribution in [-0.2, 0) is 4.74 Å². The lowest BCUT2D eigenvalue weighted by Crippen LogP contribution is -2.45. The smallest absolute Gasteiger partial charge is 0.0615 e. The summed E-state index contributed by atoms with van der Waals surface area (Å²) in [5.41, 5.74) is 0. The van der Waals surface area contributed by atoms with Crippen molar-refractivity contribution in [1.82, 2.24) is 4.90 Å². The minimum atomic E-state index is 0.552. The monoisotopic (exact) mass is 277 g/mol. The van der Waals surface area contributed by atoms with Crippen molar-refractivity contribution in [3.8, 4) is 0 Å². The fourth-order valence-corrected chi connectivity index (χ4v) is 3.02. The summed E-state index contributed by atoms with van der Waals surface area (Å²) >= 11 is 3.55. The van der Waals surface area contributed by atoms with Gasteiger partial charge < -0.3 is 4.74 Å². The molecule has 0 N–H and O–H groups in total. The Labute approximate surface area is 102 Å². The minimum Gasteiger partial charge on any atom is -0.383 e. The summed E-state index contributed by atoms with van der Waals surface area (Å²) in [5, 5.41) is 1.07. The quantitative estimate of drug-likeness (QED) is 0.692. The molecule has 2 nitrogen and oxygen atoms in total. The average Bonchev–Trinajstić information content (AvgIpc) is 2.27. The molecule has 0 aromatic carbocycles. The Bertz CT molecular complexity index is 160. The van der Waals surface area contributed by atoms with Crippen molar-refractivity contribution < 1.29 is 4.74 Å². The Balaban J connectivity index is 2.46. The van der Waals surface area contributed by atoms with Gasteiger partial charge in [-0.1, -0.05) is 35.2 Å². The zero-order valence-corrected chi connectivity index (χ0v) is 11.6. The molecular weight excluding hydrogens is 254 g/mol. The normalized spacial score (nSPS) is 20.8. The van der Waals surface area contributed by atoms with Gasteiger partial charge in [0.1, 0.15) is 0 Å². The fourth-order valence-electron chi connectivity index (χ4n) is 2.61. The molecular formula is C12H24BrNO. The molecule has 1 aliphatic rings.